The number of nitrogens with one attached hydrogen (secondary N) is 1. The van der Waals surface area contributed by atoms with E-state index in [1.54, 1.807) is 24.3 Å². The first kappa shape index (κ1) is 19.3. The topological polar surface area (TPSA) is 71.6 Å². The summed E-state index contributed by atoms with van der Waals surface area (Å²) in [7, 11) is 0. The molecule has 2 rings (SSSR count). The van der Waals surface area contributed by atoms with Crippen molar-refractivity contribution in [3.8, 4) is 0 Å². The molecule has 0 spiro atoms. The van der Waals surface area contributed by atoms with Crippen LogP contribution in [0.25, 0.3) is 0 Å². The molecule has 1 amide bonds. The van der Waals surface area contributed by atoms with Crippen LogP contribution in [0.1, 0.15) is 31.2 Å². The van der Waals surface area contributed by atoms with Gasteiger partial charge in [0, 0.05) is 24.2 Å². The number of carbonyl (C=O) groups is 1. The van der Waals surface area contributed by atoms with Crippen molar-refractivity contribution in [2.45, 2.75) is 39.2 Å². The second-order valence-corrected chi connectivity index (χ2v) is 6.04. The molecule has 136 valence electrons. The molecule has 0 aliphatic rings. The first-order chi connectivity index (χ1) is 12.7. The minimum Gasteiger partial charge on any atom is -0.449 e. The van der Waals surface area contributed by atoms with Crippen LogP contribution in [0.2, 0.25) is 0 Å². The average Bonchev–Trinajstić information content (AvgIpc) is 2.64. The van der Waals surface area contributed by atoms with Crippen LogP contribution in [0.3, 0.4) is 0 Å². The number of ether oxygens (including phenoxy) is 1. The Morgan fingerprint density at radius 1 is 1.08 bits per heavy atom. The SMILES string of the molecule is Cc1cc[n+](CCCCCCOC(=O)Nc2ccc(N=C=O)cc2)cc1. The Kier molecular flexibility index (Phi) is 8.03. The molecule has 0 saturated carbocycles. The van der Waals surface area contributed by atoms with E-state index in [-0.39, 0.29) is 0 Å². The van der Waals surface area contributed by atoms with Crippen molar-refractivity contribution < 1.29 is 18.9 Å². The van der Waals surface area contributed by atoms with Crippen molar-refractivity contribution >= 4 is 23.5 Å². The Morgan fingerprint density at radius 3 is 2.46 bits per heavy atom. The number of rotatable bonds is 9. The fraction of sp³-hybridized carbons (Fsp3) is 0.350. The zero-order chi connectivity index (χ0) is 18.6. The molecule has 2 aromatic rings. The number of nitrogens with zero attached hydrogens (tertiary/aromatic N) is 2. The monoisotopic (exact) mass is 354 g/mol. The van der Waals surface area contributed by atoms with Gasteiger partial charge in [0.2, 0.25) is 6.08 Å². The number of pyridine rings is 1. The van der Waals surface area contributed by atoms with E-state index in [4.69, 9.17) is 4.74 Å². The highest BCUT2D eigenvalue weighted by Gasteiger charge is 2.03. The number of carbonyl (C=O) groups excluding carboxylic acids is 2. The summed E-state index contributed by atoms with van der Waals surface area (Å²) < 4.78 is 7.34. The molecule has 0 fully saturated rings. The van der Waals surface area contributed by atoms with Crippen molar-refractivity contribution in [2.24, 2.45) is 4.99 Å². The number of hydrogen-bond donors (Lipinski definition) is 1. The van der Waals surface area contributed by atoms with Gasteiger partial charge in [0.05, 0.1) is 12.3 Å². The van der Waals surface area contributed by atoms with Crippen LogP contribution in [-0.2, 0) is 16.1 Å². The first-order valence-corrected chi connectivity index (χ1v) is 8.75. The van der Waals surface area contributed by atoms with Crippen molar-refractivity contribution in [2.75, 3.05) is 11.9 Å². The van der Waals surface area contributed by atoms with Crippen LogP contribution in [0.4, 0.5) is 16.2 Å². The van der Waals surface area contributed by atoms with Gasteiger partial charge in [-0.25, -0.2) is 14.2 Å². The van der Waals surface area contributed by atoms with Crippen LogP contribution >= 0.6 is 0 Å². The molecule has 0 aliphatic heterocycles. The molecule has 1 heterocycles. The predicted octanol–water partition coefficient (Wildman–Crippen LogP) is 4.06. The number of amides is 1. The molecule has 6 nitrogen and oxygen atoms in total. The fourth-order valence-corrected chi connectivity index (χ4v) is 2.42. The van der Waals surface area contributed by atoms with Crippen LogP contribution < -0.4 is 9.88 Å². The zero-order valence-corrected chi connectivity index (χ0v) is 15.0. The van der Waals surface area contributed by atoms with Gasteiger partial charge in [0.25, 0.3) is 0 Å². The lowest BCUT2D eigenvalue weighted by molar-refractivity contribution is -0.697. The molecule has 0 saturated heterocycles. The molecule has 0 atom stereocenters. The normalized spacial score (nSPS) is 10.0. The number of aryl methyl sites for hydroxylation is 2. The van der Waals surface area contributed by atoms with Gasteiger partial charge < -0.3 is 4.74 Å². The minimum absolute atomic E-state index is 0.400. The Morgan fingerprint density at radius 2 is 1.77 bits per heavy atom. The third kappa shape index (κ3) is 7.28. The average molecular weight is 354 g/mol. The quantitative estimate of drug-likeness (QED) is 0.319. The Labute approximate surface area is 153 Å². The van der Waals surface area contributed by atoms with Crippen LogP contribution in [0.15, 0.2) is 53.8 Å². The predicted molar refractivity (Wildman–Crippen MR) is 99.0 cm³/mol. The molecule has 0 bridgehead atoms. The van der Waals surface area contributed by atoms with E-state index in [0.29, 0.717) is 18.0 Å². The molecular weight excluding hydrogens is 330 g/mol. The second-order valence-electron chi connectivity index (χ2n) is 6.04. The van der Waals surface area contributed by atoms with Crippen LogP contribution in [0.5, 0.6) is 0 Å². The van der Waals surface area contributed by atoms with E-state index in [1.165, 1.54) is 11.6 Å². The highest BCUT2D eigenvalue weighted by Crippen LogP contribution is 2.15. The second kappa shape index (κ2) is 10.8. The summed E-state index contributed by atoms with van der Waals surface area (Å²) in [5.74, 6) is 0. The summed E-state index contributed by atoms with van der Waals surface area (Å²) in [6, 6.07) is 10.8. The maximum absolute atomic E-state index is 11.7. The van der Waals surface area contributed by atoms with E-state index in [2.05, 4.69) is 46.3 Å². The van der Waals surface area contributed by atoms with E-state index in [1.807, 2.05) is 0 Å². The van der Waals surface area contributed by atoms with Gasteiger partial charge in [0.1, 0.15) is 6.54 Å². The van der Waals surface area contributed by atoms with Gasteiger partial charge in [-0.15, -0.1) is 0 Å². The molecule has 26 heavy (non-hydrogen) atoms. The van der Waals surface area contributed by atoms with Crippen LogP contribution in [-0.4, -0.2) is 18.8 Å². The van der Waals surface area contributed by atoms with Gasteiger partial charge in [-0.2, -0.15) is 4.99 Å². The summed E-state index contributed by atoms with van der Waals surface area (Å²) in [4.78, 5) is 25.3. The van der Waals surface area contributed by atoms with Crippen molar-refractivity contribution in [1.82, 2.24) is 0 Å². The van der Waals surface area contributed by atoms with E-state index < -0.39 is 6.09 Å². The maximum atomic E-state index is 11.7. The van der Waals surface area contributed by atoms with Crippen molar-refractivity contribution in [3.63, 3.8) is 0 Å². The summed E-state index contributed by atoms with van der Waals surface area (Å²) in [6.07, 6.45) is 9.26. The molecule has 1 aromatic heterocycles. The minimum atomic E-state index is -0.480. The molecular formula is C20H24N3O3+. The van der Waals surface area contributed by atoms with Crippen LogP contribution in [0, 0.1) is 6.92 Å². The summed E-state index contributed by atoms with van der Waals surface area (Å²) in [5.41, 5.74) is 2.35. The number of hydrogen-bond acceptors (Lipinski definition) is 4. The third-order valence-corrected chi connectivity index (χ3v) is 3.89. The highest BCUT2D eigenvalue weighted by molar-refractivity contribution is 5.84. The lowest BCUT2D eigenvalue weighted by Gasteiger charge is -2.07. The Balaban J connectivity index is 1.54. The molecule has 0 aliphatic carbocycles. The van der Waals surface area contributed by atoms with Gasteiger partial charge in [-0.3, -0.25) is 5.32 Å². The number of benzene rings is 1. The van der Waals surface area contributed by atoms with Gasteiger partial charge in [-0.05, 0) is 56.0 Å². The smallest absolute Gasteiger partial charge is 0.411 e. The Hall–Kier alpha value is -2.98. The van der Waals surface area contributed by atoms with Crippen molar-refractivity contribution in [1.29, 1.82) is 0 Å². The number of unbranched alkanes of at least 4 members (excludes halogenated alkanes) is 3. The van der Waals surface area contributed by atoms with Gasteiger partial charge in [-0.1, -0.05) is 0 Å². The lowest BCUT2D eigenvalue weighted by Crippen LogP contribution is -2.32. The number of isocyanates is 1. The van der Waals surface area contributed by atoms with Gasteiger partial charge >= 0.3 is 6.09 Å². The zero-order valence-electron chi connectivity index (χ0n) is 15.0. The molecule has 0 unspecified atom stereocenters. The standard InChI is InChI=1S/C20H23N3O3/c1-17-10-13-23(14-11-17)12-4-2-3-5-15-26-20(25)22-19-8-6-18(7-9-19)21-16-24/h6-11,13-14H,2-5,12,15H2,1H3/p+1. The molecule has 0 radical (unpaired) electrons. The summed E-state index contributed by atoms with van der Waals surface area (Å²) in [5, 5.41) is 2.63. The largest absolute Gasteiger partial charge is 0.449 e. The maximum Gasteiger partial charge on any atom is 0.411 e. The molecule has 1 N–H and O–H groups in total. The number of aromatic nitrogens is 1. The van der Waals surface area contributed by atoms with E-state index in [0.717, 1.165) is 32.2 Å². The summed E-state index contributed by atoms with van der Waals surface area (Å²) in [6.45, 7) is 3.49. The van der Waals surface area contributed by atoms with E-state index in [9.17, 15) is 9.59 Å². The van der Waals surface area contributed by atoms with Gasteiger partial charge in [0.15, 0.2) is 12.4 Å². The Bertz CT molecular complexity index is 736. The first-order valence-electron chi connectivity index (χ1n) is 8.75. The summed E-state index contributed by atoms with van der Waals surface area (Å²) >= 11 is 0. The lowest BCUT2D eigenvalue weighted by atomic mass is 10.2. The van der Waals surface area contributed by atoms with E-state index >= 15 is 0 Å². The number of anilines is 1. The third-order valence-electron chi connectivity index (χ3n) is 3.89. The highest BCUT2D eigenvalue weighted by atomic mass is 16.5. The fourth-order valence-electron chi connectivity index (χ4n) is 2.42. The van der Waals surface area contributed by atoms with Crippen molar-refractivity contribution in [3.05, 3.63) is 54.4 Å². The molecule has 1 aromatic carbocycles. The number of aliphatic imine (C=N–C) groups is 1. The molecule has 6 heteroatoms.